The van der Waals surface area contributed by atoms with Crippen LogP contribution in [0.4, 0.5) is 4.79 Å². The molecule has 1 heterocycles. The molecular weight excluding hydrogens is 304 g/mol. The molecule has 0 saturated carbocycles. The predicted molar refractivity (Wildman–Crippen MR) is 83.7 cm³/mol. The number of urea groups is 1. The Kier molecular flexibility index (Phi) is 7.26. The standard InChI is InChI=1S/C13H24N6O4/c1-9(20)18-5-7-19(8-6-18)13(23)17-12(15)16-4-2-3-10(14)11(21)22/h10H,2-8,14H2,1H3,(H,21,22)(H3,15,16,17,23). The monoisotopic (exact) mass is 328 g/mol. The number of piperazine rings is 1. The van der Waals surface area contributed by atoms with E-state index in [4.69, 9.17) is 16.6 Å². The molecule has 6 N–H and O–H groups in total. The van der Waals surface area contributed by atoms with E-state index in [1.807, 2.05) is 0 Å². The Morgan fingerprint density at radius 1 is 1.22 bits per heavy atom. The van der Waals surface area contributed by atoms with Crippen LogP contribution in [0.15, 0.2) is 4.99 Å². The first-order valence-electron chi connectivity index (χ1n) is 7.41. The van der Waals surface area contributed by atoms with E-state index in [1.165, 1.54) is 6.92 Å². The van der Waals surface area contributed by atoms with Crippen LogP contribution in [-0.4, -0.2) is 77.5 Å². The van der Waals surface area contributed by atoms with Crippen molar-refractivity contribution in [3.63, 3.8) is 0 Å². The van der Waals surface area contributed by atoms with E-state index >= 15 is 0 Å². The van der Waals surface area contributed by atoms with Crippen LogP contribution in [0.1, 0.15) is 19.8 Å². The number of rotatable bonds is 5. The van der Waals surface area contributed by atoms with E-state index in [0.717, 1.165) is 0 Å². The van der Waals surface area contributed by atoms with E-state index < -0.39 is 12.0 Å². The average Bonchev–Trinajstić information content (AvgIpc) is 2.51. The molecule has 1 rings (SSSR count). The zero-order valence-corrected chi connectivity index (χ0v) is 13.2. The number of carbonyl (C=O) groups excluding carboxylic acids is 2. The fraction of sp³-hybridized carbons (Fsp3) is 0.692. The second-order valence-electron chi connectivity index (χ2n) is 5.28. The van der Waals surface area contributed by atoms with Gasteiger partial charge < -0.3 is 26.4 Å². The van der Waals surface area contributed by atoms with Crippen molar-refractivity contribution in [2.75, 3.05) is 32.7 Å². The van der Waals surface area contributed by atoms with Gasteiger partial charge >= 0.3 is 12.0 Å². The van der Waals surface area contributed by atoms with Crippen LogP contribution in [0.25, 0.3) is 0 Å². The molecule has 130 valence electrons. The lowest BCUT2D eigenvalue weighted by molar-refractivity contribution is -0.138. The molecular formula is C13H24N6O4. The Morgan fingerprint density at radius 3 is 2.30 bits per heavy atom. The Bertz CT molecular complexity index is 473. The number of hydrogen-bond acceptors (Lipinski definition) is 5. The third-order valence-corrected chi connectivity index (χ3v) is 3.52. The summed E-state index contributed by atoms with van der Waals surface area (Å²) in [5.74, 6) is -1.08. The third-order valence-electron chi connectivity index (χ3n) is 3.52. The normalized spacial score (nSPS) is 16.9. The number of aliphatic carboxylic acids is 1. The maximum Gasteiger partial charge on any atom is 0.324 e. The number of amides is 3. The van der Waals surface area contributed by atoms with E-state index in [2.05, 4.69) is 10.3 Å². The molecule has 1 aliphatic rings. The number of carboxylic acids is 1. The molecule has 1 aliphatic heterocycles. The van der Waals surface area contributed by atoms with Crippen LogP contribution in [0.3, 0.4) is 0 Å². The highest BCUT2D eigenvalue weighted by Gasteiger charge is 2.22. The number of carbonyl (C=O) groups is 3. The zero-order valence-electron chi connectivity index (χ0n) is 13.2. The van der Waals surface area contributed by atoms with Crippen LogP contribution in [0.2, 0.25) is 0 Å². The lowest BCUT2D eigenvalue weighted by atomic mass is 10.2. The van der Waals surface area contributed by atoms with Crippen molar-refractivity contribution in [3.8, 4) is 0 Å². The molecule has 0 bridgehead atoms. The zero-order chi connectivity index (χ0) is 17.4. The molecule has 0 spiro atoms. The molecule has 1 unspecified atom stereocenters. The van der Waals surface area contributed by atoms with Gasteiger partial charge in [-0.25, -0.2) is 4.79 Å². The van der Waals surface area contributed by atoms with Gasteiger partial charge in [-0.1, -0.05) is 0 Å². The Morgan fingerprint density at radius 2 is 1.78 bits per heavy atom. The van der Waals surface area contributed by atoms with Gasteiger partial charge in [0.2, 0.25) is 5.91 Å². The van der Waals surface area contributed by atoms with Crippen LogP contribution >= 0.6 is 0 Å². The summed E-state index contributed by atoms with van der Waals surface area (Å²) in [6.07, 6.45) is 0.744. The molecule has 0 aliphatic carbocycles. The molecule has 10 nitrogen and oxygen atoms in total. The van der Waals surface area contributed by atoms with Gasteiger partial charge in [-0.2, -0.15) is 0 Å². The number of hydrogen-bond donors (Lipinski definition) is 4. The predicted octanol–water partition coefficient (Wildman–Crippen LogP) is -1.63. The lowest BCUT2D eigenvalue weighted by Crippen LogP contribution is -2.54. The minimum Gasteiger partial charge on any atom is -0.480 e. The second-order valence-corrected chi connectivity index (χ2v) is 5.28. The molecule has 0 radical (unpaired) electrons. The van der Waals surface area contributed by atoms with E-state index in [-0.39, 0.29) is 30.9 Å². The summed E-state index contributed by atoms with van der Waals surface area (Å²) in [5.41, 5.74) is 11.0. The Balaban J connectivity index is 2.29. The van der Waals surface area contributed by atoms with Gasteiger partial charge in [-0.3, -0.25) is 19.9 Å². The van der Waals surface area contributed by atoms with Crippen LogP contribution in [0.5, 0.6) is 0 Å². The van der Waals surface area contributed by atoms with E-state index in [0.29, 0.717) is 32.6 Å². The lowest BCUT2D eigenvalue weighted by Gasteiger charge is -2.34. The number of nitrogens with two attached hydrogens (primary N) is 2. The molecule has 23 heavy (non-hydrogen) atoms. The number of guanidine groups is 1. The Labute approximate surface area is 134 Å². The van der Waals surface area contributed by atoms with Gasteiger partial charge in [-0.15, -0.1) is 0 Å². The highest BCUT2D eigenvalue weighted by molar-refractivity contribution is 5.95. The van der Waals surface area contributed by atoms with Gasteiger partial charge in [0.15, 0.2) is 5.96 Å². The summed E-state index contributed by atoms with van der Waals surface area (Å²) >= 11 is 0. The minimum atomic E-state index is -1.06. The summed E-state index contributed by atoms with van der Waals surface area (Å²) < 4.78 is 0. The van der Waals surface area contributed by atoms with Gasteiger partial charge in [-0.05, 0) is 12.8 Å². The highest BCUT2D eigenvalue weighted by Crippen LogP contribution is 2.02. The largest absolute Gasteiger partial charge is 0.480 e. The van der Waals surface area contributed by atoms with Gasteiger partial charge in [0.25, 0.3) is 0 Å². The second kappa shape index (κ2) is 8.93. The SMILES string of the molecule is CC(=O)N1CCN(C(=O)NC(N)=NCCCC(N)C(=O)O)CC1. The third kappa shape index (κ3) is 6.51. The fourth-order valence-electron chi connectivity index (χ4n) is 2.09. The first-order valence-corrected chi connectivity index (χ1v) is 7.41. The molecule has 0 aromatic heterocycles. The molecule has 3 amide bonds. The number of aliphatic imine (C=N–C) groups is 1. The van der Waals surface area contributed by atoms with Crippen molar-refractivity contribution in [2.24, 2.45) is 16.5 Å². The minimum absolute atomic E-state index is 0.00861. The number of nitrogens with zero attached hydrogens (tertiary/aromatic N) is 3. The molecule has 0 aromatic carbocycles. The van der Waals surface area contributed by atoms with Crippen molar-refractivity contribution < 1.29 is 19.5 Å². The summed E-state index contributed by atoms with van der Waals surface area (Å²) in [7, 11) is 0. The molecule has 0 aromatic rings. The highest BCUT2D eigenvalue weighted by atomic mass is 16.4. The summed E-state index contributed by atoms with van der Waals surface area (Å²) in [6.45, 7) is 3.64. The molecule has 10 heteroatoms. The summed E-state index contributed by atoms with van der Waals surface area (Å²) in [4.78, 5) is 40.9. The van der Waals surface area contributed by atoms with Crippen molar-refractivity contribution in [1.29, 1.82) is 0 Å². The maximum atomic E-state index is 12.0. The molecule has 1 saturated heterocycles. The van der Waals surface area contributed by atoms with E-state index in [1.54, 1.807) is 9.80 Å². The summed E-state index contributed by atoms with van der Waals surface area (Å²) in [5, 5.41) is 11.1. The summed E-state index contributed by atoms with van der Waals surface area (Å²) in [6, 6.07) is -1.28. The first-order chi connectivity index (χ1) is 10.8. The molecule has 1 fully saturated rings. The van der Waals surface area contributed by atoms with Gasteiger partial charge in [0.1, 0.15) is 6.04 Å². The first kappa shape index (κ1) is 18.7. The van der Waals surface area contributed by atoms with Crippen LogP contribution < -0.4 is 16.8 Å². The van der Waals surface area contributed by atoms with Crippen molar-refractivity contribution >= 4 is 23.9 Å². The van der Waals surface area contributed by atoms with Crippen LogP contribution in [-0.2, 0) is 9.59 Å². The fourth-order valence-corrected chi connectivity index (χ4v) is 2.09. The smallest absolute Gasteiger partial charge is 0.324 e. The number of nitrogens with one attached hydrogen (secondary N) is 1. The molecule has 1 atom stereocenters. The topological polar surface area (TPSA) is 154 Å². The average molecular weight is 328 g/mol. The maximum absolute atomic E-state index is 12.0. The quantitative estimate of drug-likeness (QED) is 0.270. The van der Waals surface area contributed by atoms with Gasteiger partial charge in [0, 0.05) is 39.6 Å². The van der Waals surface area contributed by atoms with E-state index in [9.17, 15) is 14.4 Å². The van der Waals surface area contributed by atoms with Crippen molar-refractivity contribution in [2.45, 2.75) is 25.8 Å². The van der Waals surface area contributed by atoms with Crippen LogP contribution in [0, 0.1) is 0 Å². The van der Waals surface area contributed by atoms with Crippen molar-refractivity contribution in [1.82, 2.24) is 15.1 Å². The Hall–Kier alpha value is -2.36. The van der Waals surface area contributed by atoms with Crippen molar-refractivity contribution in [3.05, 3.63) is 0 Å². The number of carboxylic acid groups (broad SMARTS) is 1. The van der Waals surface area contributed by atoms with Gasteiger partial charge in [0.05, 0.1) is 0 Å².